The third kappa shape index (κ3) is 5.43. The number of aryl methyl sites for hydroxylation is 1. The van der Waals surface area contributed by atoms with E-state index in [1.165, 1.54) is 4.90 Å². The van der Waals surface area contributed by atoms with E-state index in [2.05, 4.69) is 0 Å². The molecule has 0 spiro atoms. The minimum Gasteiger partial charge on any atom is -0.507 e. The molecule has 3 aromatic rings. The van der Waals surface area contributed by atoms with Gasteiger partial charge in [-0.1, -0.05) is 53.6 Å². The Morgan fingerprint density at radius 3 is 2.39 bits per heavy atom. The van der Waals surface area contributed by atoms with Crippen molar-refractivity contribution in [1.82, 2.24) is 4.90 Å². The first kappa shape index (κ1) is 26.9. The van der Waals surface area contributed by atoms with Crippen LogP contribution >= 0.6 is 11.6 Å². The molecule has 1 fully saturated rings. The number of benzene rings is 3. The maximum Gasteiger partial charge on any atom is 0.338 e. The van der Waals surface area contributed by atoms with E-state index in [-0.39, 0.29) is 35.1 Å². The zero-order chi connectivity index (χ0) is 27.4. The maximum absolute atomic E-state index is 13.4. The van der Waals surface area contributed by atoms with E-state index >= 15 is 0 Å². The number of Topliss-reactive ketones (excluding diaryl/α,β-unsaturated/α-hetero) is 1. The fourth-order valence-electron chi connectivity index (χ4n) is 4.47. The molecule has 1 unspecified atom stereocenters. The number of carbonyl (C=O) groups excluding carboxylic acids is 3. The van der Waals surface area contributed by atoms with Crippen LogP contribution in [0.1, 0.15) is 52.5 Å². The molecule has 196 valence electrons. The highest BCUT2D eigenvalue weighted by molar-refractivity contribution is 6.47. The molecule has 7 nitrogen and oxygen atoms in total. The number of carbonyl (C=O) groups is 3. The van der Waals surface area contributed by atoms with Crippen molar-refractivity contribution >= 4 is 35.0 Å². The molecule has 1 atom stereocenters. The van der Waals surface area contributed by atoms with Crippen LogP contribution in [0.3, 0.4) is 0 Å². The number of ether oxygens (including phenoxy) is 2. The van der Waals surface area contributed by atoms with Crippen LogP contribution in [-0.2, 0) is 20.9 Å². The molecule has 0 aliphatic carbocycles. The fraction of sp³-hybridized carbons (Fsp3) is 0.233. The Kier molecular flexibility index (Phi) is 8.17. The maximum atomic E-state index is 13.4. The van der Waals surface area contributed by atoms with Crippen molar-refractivity contribution in [3.05, 3.63) is 105 Å². The van der Waals surface area contributed by atoms with Crippen molar-refractivity contribution in [3.8, 4) is 5.75 Å². The van der Waals surface area contributed by atoms with Gasteiger partial charge in [-0.3, -0.25) is 9.59 Å². The number of rotatable bonds is 8. The molecule has 1 heterocycles. The summed E-state index contributed by atoms with van der Waals surface area (Å²) in [4.78, 5) is 40.2. The van der Waals surface area contributed by atoms with Gasteiger partial charge in [0, 0.05) is 12.1 Å². The van der Waals surface area contributed by atoms with Gasteiger partial charge in [-0.25, -0.2) is 4.79 Å². The highest BCUT2D eigenvalue weighted by Gasteiger charge is 2.46. The molecule has 1 saturated heterocycles. The summed E-state index contributed by atoms with van der Waals surface area (Å²) in [6.45, 7) is 6.22. The molecule has 0 bridgehead atoms. The number of aliphatic hydroxyl groups excluding tert-OH is 1. The van der Waals surface area contributed by atoms with Crippen LogP contribution < -0.4 is 4.74 Å². The molecule has 1 N–H and O–H groups in total. The number of esters is 1. The number of aliphatic hydroxyl groups is 1. The quantitative estimate of drug-likeness (QED) is 0.169. The van der Waals surface area contributed by atoms with Gasteiger partial charge in [0.15, 0.2) is 0 Å². The number of amides is 1. The van der Waals surface area contributed by atoms with Gasteiger partial charge in [0.2, 0.25) is 0 Å². The SMILES string of the molecule is CCOC(=O)c1ccc(CN2C(=O)C(=O)/C(=C(/O)c3cc(OCC)ccc3Cl)C2c2cccc(C)c2)cc1. The van der Waals surface area contributed by atoms with Crippen LogP contribution in [0, 0.1) is 6.92 Å². The lowest BCUT2D eigenvalue weighted by molar-refractivity contribution is -0.140. The summed E-state index contributed by atoms with van der Waals surface area (Å²) in [5.41, 5.74) is 2.84. The summed E-state index contributed by atoms with van der Waals surface area (Å²) in [6, 6.07) is 18.0. The monoisotopic (exact) mass is 533 g/mol. The summed E-state index contributed by atoms with van der Waals surface area (Å²) >= 11 is 6.40. The molecule has 3 aromatic carbocycles. The number of likely N-dealkylation sites (tertiary alicyclic amines) is 1. The molecular formula is C30H28ClNO6. The Morgan fingerprint density at radius 1 is 1.00 bits per heavy atom. The van der Waals surface area contributed by atoms with Crippen LogP contribution in [0.2, 0.25) is 5.02 Å². The zero-order valence-corrected chi connectivity index (χ0v) is 22.1. The Morgan fingerprint density at radius 2 is 1.74 bits per heavy atom. The number of hydrogen-bond donors (Lipinski definition) is 1. The van der Waals surface area contributed by atoms with E-state index < -0.39 is 23.7 Å². The van der Waals surface area contributed by atoms with E-state index in [0.29, 0.717) is 29.0 Å². The minimum absolute atomic E-state index is 0.0562. The molecule has 1 amide bonds. The molecule has 38 heavy (non-hydrogen) atoms. The van der Waals surface area contributed by atoms with Gasteiger partial charge in [-0.05, 0) is 62.2 Å². The predicted molar refractivity (Wildman–Crippen MR) is 144 cm³/mol. The number of hydrogen-bond acceptors (Lipinski definition) is 6. The molecule has 4 rings (SSSR count). The van der Waals surface area contributed by atoms with Gasteiger partial charge in [0.1, 0.15) is 11.5 Å². The second kappa shape index (κ2) is 11.5. The van der Waals surface area contributed by atoms with Crippen LogP contribution in [0.25, 0.3) is 5.76 Å². The third-order valence-electron chi connectivity index (χ3n) is 6.22. The van der Waals surface area contributed by atoms with Gasteiger partial charge >= 0.3 is 5.97 Å². The molecule has 0 saturated carbocycles. The van der Waals surface area contributed by atoms with E-state index in [0.717, 1.165) is 5.56 Å². The lowest BCUT2D eigenvalue weighted by Crippen LogP contribution is -2.29. The molecular weight excluding hydrogens is 506 g/mol. The van der Waals surface area contributed by atoms with E-state index in [1.807, 2.05) is 38.1 Å². The van der Waals surface area contributed by atoms with E-state index in [4.69, 9.17) is 21.1 Å². The number of nitrogens with zero attached hydrogens (tertiary/aromatic N) is 1. The fourth-order valence-corrected chi connectivity index (χ4v) is 4.68. The van der Waals surface area contributed by atoms with Gasteiger partial charge in [-0.15, -0.1) is 0 Å². The molecule has 0 aromatic heterocycles. The topological polar surface area (TPSA) is 93.1 Å². The molecule has 1 aliphatic rings. The van der Waals surface area contributed by atoms with Crippen molar-refractivity contribution in [2.24, 2.45) is 0 Å². The van der Waals surface area contributed by atoms with Crippen LogP contribution in [-0.4, -0.2) is 40.9 Å². The van der Waals surface area contributed by atoms with Crippen molar-refractivity contribution < 1.29 is 29.0 Å². The Balaban J connectivity index is 1.80. The van der Waals surface area contributed by atoms with Crippen LogP contribution in [0.4, 0.5) is 0 Å². The third-order valence-corrected chi connectivity index (χ3v) is 6.55. The lowest BCUT2D eigenvalue weighted by atomic mass is 9.94. The number of halogens is 1. The summed E-state index contributed by atoms with van der Waals surface area (Å²) in [6.07, 6.45) is 0. The molecule has 0 radical (unpaired) electrons. The Bertz CT molecular complexity index is 1410. The van der Waals surface area contributed by atoms with Crippen molar-refractivity contribution in [2.75, 3.05) is 13.2 Å². The Hall–Kier alpha value is -4.10. The number of ketones is 1. The van der Waals surface area contributed by atoms with Gasteiger partial charge in [0.25, 0.3) is 11.7 Å². The molecule has 1 aliphatic heterocycles. The van der Waals surface area contributed by atoms with Crippen molar-refractivity contribution in [3.63, 3.8) is 0 Å². The average molecular weight is 534 g/mol. The second-order valence-electron chi connectivity index (χ2n) is 8.83. The summed E-state index contributed by atoms with van der Waals surface area (Å²) in [5, 5.41) is 11.6. The average Bonchev–Trinajstić information content (AvgIpc) is 3.15. The highest BCUT2D eigenvalue weighted by atomic mass is 35.5. The first-order valence-electron chi connectivity index (χ1n) is 12.3. The normalized spacial score (nSPS) is 16.5. The minimum atomic E-state index is -0.855. The van der Waals surface area contributed by atoms with Gasteiger partial charge < -0.3 is 19.5 Å². The van der Waals surface area contributed by atoms with E-state index in [9.17, 15) is 19.5 Å². The standard InChI is InChI=1S/C30H28ClNO6/c1-4-37-22-13-14-24(31)23(16-22)27(33)25-26(21-8-6-7-18(3)15-21)32(29(35)28(25)34)17-19-9-11-20(12-10-19)30(36)38-5-2/h6-16,26,33H,4-5,17H2,1-3H3/b27-25+. The summed E-state index contributed by atoms with van der Waals surface area (Å²) < 4.78 is 10.6. The van der Waals surface area contributed by atoms with Gasteiger partial charge in [-0.2, -0.15) is 0 Å². The van der Waals surface area contributed by atoms with Crippen molar-refractivity contribution in [1.29, 1.82) is 0 Å². The second-order valence-corrected chi connectivity index (χ2v) is 9.24. The summed E-state index contributed by atoms with van der Waals surface area (Å²) in [7, 11) is 0. The van der Waals surface area contributed by atoms with Gasteiger partial charge in [0.05, 0.1) is 35.4 Å². The van der Waals surface area contributed by atoms with E-state index in [1.54, 1.807) is 49.4 Å². The van der Waals surface area contributed by atoms with Crippen LogP contribution in [0.5, 0.6) is 5.75 Å². The molecule has 8 heteroatoms. The first-order chi connectivity index (χ1) is 18.2. The largest absolute Gasteiger partial charge is 0.507 e. The van der Waals surface area contributed by atoms with Crippen molar-refractivity contribution in [2.45, 2.75) is 33.4 Å². The zero-order valence-electron chi connectivity index (χ0n) is 21.4. The highest BCUT2D eigenvalue weighted by Crippen LogP contribution is 2.42. The predicted octanol–water partition coefficient (Wildman–Crippen LogP) is 5.85. The Labute approximate surface area is 226 Å². The first-order valence-corrected chi connectivity index (χ1v) is 12.7. The van der Waals surface area contributed by atoms with Crippen LogP contribution in [0.15, 0.2) is 72.3 Å². The lowest BCUT2D eigenvalue weighted by Gasteiger charge is -2.26. The smallest absolute Gasteiger partial charge is 0.338 e. The summed E-state index contributed by atoms with van der Waals surface area (Å²) in [5.74, 6) is -1.90.